The van der Waals surface area contributed by atoms with E-state index in [1.807, 2.05) is 25.1 Å². The van der Waals surface area contributed by atoms with Gasteiger partial charge in [-0.2, -0.15) is 0 Å². The monoisotopic (exact) mass is 245 g/mol. The molecule has 1 aromatic carbocycles. The Bertz CT molecular complexity index is 582. The quantitative estimate of drug-likeness (QED) is 0.824. The van der Waals surface area contributed by atoms with Gasteiger partial charge in [0.15, 0.2) is 5.78 Å². The summed E-state index contributed by atoms with van der Waals surface area (Å²) in [6.45, 7) is 3.42. The predicted octanol–water partition coefficient (Wildman–Crippen LogP) is 2.07. The highest BCUT2D eigenvalue weighted by molar-refractivity contribution is 6.10. The molecule has 4 heteroatoms. The third-order valence-corrected chi connectivity index (χ3v) is 3.21. The summed E-state index contributed by atoms with van der Waals surface area (Å²) in [5, 5.41) is 0.944. The van der Waals surface area contributed by atoms with E-state index in [0.717, 1.165) is 10.9 Å². The molecule has 1 fully saturated rings. The number of H-pyrrole nitrogens is 1. The second kappa shape index (κ2) is 4.55. The van der Waals surface area contributed by atoms with Crippen molar-refractivity contribution in [1.82, 2.24) is 4.98 Å². The van der Waals surface area contributed by atoms with Crippen LogP contribution in [0.4, 0.5) is 0 Å². The van der Waals surface area contributed by atoms with Crippen LogP contribution in [0.3, 0.4) is 0 Å². The minimum absolute atomic E-state index is 0.00944. The van der Waals surface area contributed by atoms with Crippen molar-refractivity contribution in [2.24, 2.45) is 0 Å². The largest absolute Gasteiger partial charge is 0.376 e. The first kappa shape index (κ1) is 11.4. The molecule has 1 aliphatic rings. The van der Waals surface area contributed by atoms with Crippen molar-refractivity contribution in [2.45, 2.75) is 13.0 Å². The van der Waals surface area contributed by atoms with E-state index in [4.69, 9.17) is 9.47 Å². The first-order chi connectivity index (χ1) is 8.75. The number of benzene rings is 1. The van der Waals surface area contributed by atoms with Crippen molar-refractivity contribution >= 4 is 16.7 Å². The zero-order valence-electron chi connectivity index (χ0n) is 10.2. The first-order valence-electron chi connectivity index (χ1n) is 6.07. The third-order valence-electron chi connectivity index (χ3n) is 3.21. The average molecular weight is 245 g/mol. The van der Waals surface area contributed by atoms with E-state index in [0.29, 0.717) is 25.4 Å². The number of aryl methyl sites for hydroxylation is 1. The molecule has 2 aromatic rings. The maximum absolute atomic E-state index is 12.3. The van der Waals surface area contributed by atoms with Gasteiger partial charge in [-0.3, -0.25) is 4.79 Å². The van der Waals surface area contributed by atoms with Crippen molar-refractivity contribution in [3.8, 4) is 0 Å². The van der Waals surface area contributed by atoms with Crippen LogP contribution < -0.4 is 0 Å². The summed E-state index contributed by atoms with van der Waals surface area (Å²) in [6.07, 6.45) is 1.28. The zero-order valence-corrected chi connectivity index (χ0v) is 10.2. The fourth-order valence-corrected chi connectivity index (χ4v) is 2.26. The van der Waals surface area contributed by atoms with Gasteiger partial charge in [-0.25, -0.2) is 0 Å². The van der Waals surface area contributed by atoms with Crippen LogP contribution in [-0.2, 0) is 9.47 Å². The number of fused-ring (bicyclic) bond motifs is 1. The maximum atomic E-state index is 12.3. The molecule has 0 spiro atoms. The minimum atomic E-state index is -0.473. The molecule has 0 aliphatic carbocycles. The van der Waals surface area contributed by atoms with Gasteiger partial charge in [-0.05, 0) is 18.6 Å². The summed E-state index contributed by atoms with van der Waals surface area (Å²) in [5.41, 5.74) is 2.83. The zero-order chi connectivity index (χ0) is 12.5. The Morgan fingerprint density at radius 2 is 2.28 bits per heavy atom. The smallest absolute Gasteiger partial charge is 0.196 e. The number of ether oxygens (including phenoxy) is 2. The molecule has 0 radical (unpaired) electrons. The number of hydrogen-bond acceptors (Lipinski definition) is 3. The van der Waals surface area contributed by atoms with Crippen molar-refractivity contribution in [2.75, 3.05) is 19.8 Å². The van der Waals surface area contributed by atoms with Crippen molar-refractivity contribution < 1.29 is 14.3 Å². The van der Waals surface area contributed by atoms with Crippen molar-refractivity contribution in [3.05, 3.63) is 35.5 Å². The molecule has 1 saturated heterocycles. The van der Waals surface area contributed by atoms with Gasteiger partial charge in [0.05, 0.1) is 19.8 Å². The molecule has 94 valence electrons. The minimum Gasteiger partial charge on any atom is -0.376 e. The molecule has 1 aliphatic heterocycles. The second-order valence-corrected chi connectivity index (χ2v) is 4.55. The van der Waals surface area contributed by atoms with Crippen molar-refractivity contribution in [3.63, 3.8) is 0 Å². The molecule has 0 amide bonds. The molecule has 1 N–H and O–H groups in total. The van der Waals surface area contributed by atoms with Crippen LogP contribution in [0.2, 0.25) is 0 Å². The number of ketones is 1. The van der Waals surface area contributed by atoms with E-state index in [1.54, 1.807) is 6.20 Å². The molecule has 2 heterocycles. The van der Waals surface area contributed by atoms with Crippen LogP contribution >= 0.6 is 0 Å². The van der Waals surface area contributed by atoms with Gasteiger partial charge in [-0.1, -0.05) is 12.1 Å². The fourth-order valence-electron chi connectivity index (χ4n) is 2.26. The van der Waals surface area contributed by atoms with Gasteiger partial charge in [0.25, 0.3) is 0 Å². The van der Waals surface area contributed by atoms with Gasteiger partial charge in [0.2, 0.25) is 0 Å². The van der Waals surface area contributed by atoms with Gasteiger partial charge < -0.3 is 14.5 Å². The number of carbonyl (C=O) groups excluding carboxylic acids is 1. The molecule has 18 heavy (non-hydrogen) atoms. The molecule has 0 saturated carbocycles. The van der Waals surface area contributed by atoms with Crippen LogP contribution in [0.15, 0.2) is 24.4 Å². The number of aromatic nitrogens is 1. The Labute approximate surface area is 105 Å². The van der Waals surface area contributed by atoms with E-state index >= 15 is 0 Å². The number of Topliss-reactive ketones (excluding diaryl/α,β-unsaturated/α-hetero) is 1. The molecule has 4 nitrogen and oxygen atoms in total. The SMILES string of the molecule is Cc1ccc2c(C(=O)C3COCCO3)c[nH]c2c1. The van der Waals surface area contributed by atoms with Crippen LogP contribution in [0.1, 0.15) is 15.9 Å². The first-order valence-corrected chi connectivity index (χ1v) is 6.07. The lowest BCUT2D eigenvalue weighted by molar-refractivity contribution is -0.0718. The van der Waals surface area contributed by atoms with Gasteiger partial charge in [-0.15, -0.1) is 0 Å². The molecule has 0 bridgehead atoms. The normalized spacial score (nSPS) is 20.2. The number of nitrogens with one attached hydrogen (secondary N) is 1. The highest BCUT2D eigenvalue weighted by Gasteiger charge is 2.25. The fraction of sp³-hybridized carbons (Fsp3) is 0.357. The average Bonchev–Trinajstić information content (AvgIpc) is 2.81. The van der Waals surface area contributed by atoms with Crippen LogP contribution in [0.25, 0.3) is 10.9 Å². The molecule has 1 unspecified atom stereocenters. The summed E-state index contributed by atoms with van der Waals surface area (Å²) in [6, 6.07) is 6.01. The van der Waals surface area contributed by atoms with E-state index in [9.17, 15) is 4.79 Å². The Balaban J connectivity index is 1.96. The summed E-state index contributed by atoms with van der Waals surface area (Å²) in [7, 11) is 0. The summed E-state index contributed by atoms with van der Waals surface area (Å²) in [4.78, 5) is 15.5. The topological polar surface area (TPSA) is 51.3 Å². The molecule has 1 atom stereocenters. The Morgan fingerprint density at radius 1 is 1.39 bits per heavy atom. The third kappa shape index (κ3) is 1.94. The second-order valence-electron chi connectivity index (χ2n) is 4.55. The van der Waals surface area contributed by atoms with E-state index in [2.05, 4.69) is 4.98 Å². The van der Waals surface area contributed by atoms with Gasteiger partial charge in [0.1, 0.15) is 6.10 Å². The lowest BCUT2D eigenvalue weighted by Gasteiger charge is -2.21. The maximum Gasteiger partial charge on any atom is 0.196 e. The number of carbonyl (C=O) groups is 1. The van der Waals surface area contributed by atoms with Crippen LogP contribution in [0.5, 0.6) is 0 Å². The number of hydrogen-bond donors (Lipinski definition) is 1. The van der Waals surface area contributed by atoms with Crippen LogP contribution in [0, 0.1) is 6.92 Å². The van der Waals surface area contributed by atoms with Gasteiger partial charge in [0, 0.05) is 22.7 Å². The Kier molecular flexibility index (Phi) is 2.89. The standard InChI is InChI=1S/C14H15NO3/c1-9-2-3-10-11(7-15-12(10)6-9)14(16)13-8-17-4-5-18-13/h2-3,6-7,13,15H,4-5,8H2,1H3. The number of rotatable bonds is 2. The lowest BCUT2D eigenvalue weighted by atomic mass is 10.0. The molecular formula is C14H15NO3. The lowest BCUT2D eigenvalue weighted by Crippen LogP contribution is -2.35. The summed E-state index contributed by atoms with van der Waals surface area (Å²) in [5.74, 6) is -0.00944. The van der Waals surface area contributed by atoms with Crippen molar-refractivity contribution in [1.29, 1.82) is 0 Å². The predicted molar refractivity (Wildman–Crippen MR) is 67.9 cm³/mol. The Morgan fingerprint density at radius 3 is 3.06 bits per heavy atom. The Hall–Kier alpha value is -1.65. The summed E-state index contributed by atoms with van der Waals surface area (Å²) >= 11 is 0. The highest BCUT2D eigenvalue weighted by Crippen LogP contribution is 2.22. The van der Waals surface area contributed by atoms with Crippen LogP contribution in [-0.4, -0.2) is 36.7 Å². The van der Waals surface area contributed by atoms with E-state index in [-0.39, 0.29) is 5.78 Å². The summed E-state index contributed by atoms with van der Waals surface area (Å²) < 4.78 is 10.7. The molecule has 1 aromatic heterocycles. The molecule has 3 rings (SSSR count). The van der Waals surface area contributed by atoms with E-state index in [1.165, 1.54) is 5.56 Å². The molecular weight excluding hydrogens is 230 g/mol. The van der Waals surface area contributed by atoms with Gasteiger partial charge >= 0.3 is 0 Å². The van der Waals surface area contributed by atoms with E-state index < -0.39 is 6.10 Å². The number of aromatic amines is 1. The highest BCUT2D eigenvalue weighted by atomic mass is 16.6.